The van der Waals surface area contributed by atoms with Gasteiger partial charge in [0.1, 0.15) is 0 Å². The van der Waals surface area contributed by atoms with Gasteiger partial charge < -0.3 is 4.90 Å². The van der Waals surface area contributed by atoms with Crippen LogP contribution in [-0.2, 0) is 11.2 Å². The quantitative estimate of drug-likeness (QED) is 0.513. The first-order valence-electron chi connectivity index (χ1n) is 9.54. The van der Waals surface area contributed by atoms with Crippen LogP contribution in [0.2, 0.25) is 0 Å². The topological polar surface area (TPSA) is 37.4 Å². The standard InChI is InChI=1S/C21H28BrNO2/c1-13(2)19(22)20(24)16-9-10-18-17(12-16)11-14(3)23(18)21(25)15-7-5-4-6-8-15/h9-10,12-15,19H,4-8,11H2,1-3H3. The van der Waals surface area contributed by atoms with Crippen molar-refractivity contribution in [2.45, 2.75) is 70.2 Å². The molecule has 0 bridgehead atoms. The molecule has 3 rings (SSSR count). The summed E-state index contributed by atoms with van der Waals surface area (Å²) in [4.78, 5) is 27.5. The molecule has 1 aliphatic carbocycles. The average Bonchev–Trinajstić information content (AvgIpc) is 2.95. The molecular formula is C21H28BrNO2. The number of hydrogen-bond acceptors (Lipinski definition) is 2. The van der Waals surface area contributed by atoms with Crippen LogP contribution in [0.3, 0.4) is 0 Å². The number of hydrogen-bond donors (Lipinski definition) is 0. The maximum atomic E-state index is 13.0. The molecule has 0 radical (unpaired) electrons. The zero-order valence-corrected chi connectivity index (χ0v) is 17.0. The van der Waals surface area contributed by atoms with Gasteiger partial charge in [-0.2, -0.15) is 0 Å². The Morgan fingerprint density at radius 3 is 2.48 bits per heavy atom. The minimum Gasteiger partial charge on any atom is -0.309 e. The van der Waals surface area contributed by atoms with E-state index in [-0.39, 0.29) is 34.4 Å². The Balaban J connectivity index is 1.83. The summed E-state index contributed by atoms with van der Waals surface area (Å²) in [6.07, 6.45) is 6.47. The van der Waals surface area contributed by atoms with E-state index in [2.05, 4.69) is 22.9 Å². The summed E-state index contributed by atoms with van der Waals surface area (Å²) in [6.45, 7) is 6.19. The van der Waals surface area contributed by atoms with Crippen LogP contribution in [0.25, 0.3) is 0 Å². The van der Waals surface area contributed by atoms with Gasteiger partial charge in [0.05, 0.1) is 4.83 Å². The number of halogens is 1. The molecule has 2 aliphatic rings. The van der Waals surface area contributed by atoms with E-state index in [9.17, 15) is 9.59 Å². The molecule has 0 aromatic heterocycles. The molecule has 1 aliphatic heterocycles. The number of fused-ring (bicyclic) bond motifs is 1. The third kappa shape index (κ3) is 3.69. The molecule has 0 N–H and O–H groups in total. The van der Waals surface area contributed by atoms with Gasteiger partial charge in [0.25, 0.3) is 0 Å². The molecule has 136 valence electrons. The van der Waals surface area contributed by atoms with Crippen molar-refractivity contribution in [3.8, 4) is 0 Å². The summed E-state index contributed by atoms with van der Waals surface area (Å²) in [5, 5.41) is 0. The molecule has 25 heavy (non-hydrogen) atoms. The first kappa shape index (κ1) is 18.6. The molecule has 1 fully saturated rings. The molecule has 1 amide bonds. The number of amides is 1. The number of nitrogens with zero attached hydrogens (tertiary/aromatic N) is 1. The second-order valence-electron chi connectivity index (χ2n) is 7.95. The highest BCUT2D eigenvalue weighted by Crippen LogP contribution is 2.37. The first-order chi connectivity index (χ1) is 11.9. The third-order valence-electron chi connectivity index (χ3n) is 5.61. The van der Waals surface area contributed by atoms with Crippen LogP contribution in [0.1, 0.15) is 68.8 Å². The summed E-state index contributed by atoms with van der Waals surface area (Å²) in [7, 11) is 0. The minimum absolute atomic E-state index is 0.127. The van der Waals surface area contributed by atoms with E-state index in [1.54, 1.807) is 0 Å². The molecule has 1 heterocycles. The van der Waals surface area contributed by atoms with Crippen LogP contribution in [-0.4, -0.2) is 22.6 Å². The Labute approximate surface area is 159 Å². The highest BCUT2D eigenvalue weighted by atomic mass is 79.9. The molecule has 3 nitrogen and oxygen atoms in total. The van der Waals surface area contributed by atoms with Crippen molar-refractivity contribution in [2.24, 2.45) is 11.8 Å². The fourth-order valence-corrected chi connectivity index (χ4v) is 4.39. The normalized spacial score (nSPS) is 22.1. The number of ketones is 1. The number of rotatable bonds is 4. The molecule has 1 saturated carbocycles. The van der Waals surface area contributed by atoms with Crippen molar-refractivity contribution >= 4 is 33.3 Å². The lowest BCUT2D eigenvalue weighted by molar-refractivity contribution is -0.123. The molecule has 2 atom stereocenters. The smallest absolute Gasteiger partial charge is 0.230 e. The summed E-state index contributed by atoms with van der Waals surface area (Å²) >= 11 is 3.51. The number of carbonyl (C=O) groups is 2. The zero-order valence-electron chi connectivity index (χ0n) is 15.4. The van der Waals surface area contributed by atoms with Crippen molar-refractivity contribution in [1.82, 2.24) is 0 Å². The van der Waals surface area contributed by atoms with Gasteiger partial charge in [0.15, 0.2) is 5.78 Å². The zero-order chi connectivity index (χ0) is 18.1. The van der Waals surface area contributed by atoms with Crippen LogP contribution >= 0.6 is 15.9 Å². The molecule has 1 aromatic carbocycles. The third-order valence-corrected chi connectivity index (χ3v) is 7.08. The Kier molecular flexibility index (Phi) is 5.67. The van der Waals surface area contributed by atoms with E-state index in [0.717, 1.165) is 36.1 Å². The monoisotopic (exact) mass is 405 g/mol. The predicted molar refractivity (Wildman–Crippen MR) is 106 cm³/mol. The van der Waals surface area contributed by atoms with Gasteiger partial charge >= 0.3 is 0 Å². The van der Waals surface area contributed by atoms with E-state index in [1.165, 1.54) is 19.3 Å². The SMILES string of the molecule is CC(C)C(Br)C(=O)c1ccc2c(c1)CC(C)N2C(=O)C1CCCCC1. The van der Waals surface area contributed by atoms with Gasteiger partial charge in [-0.1, -0.05) is 49.0 Å². The lowest BCUT2D eigenvalue weighted by Gasteiger charge is -2.29. The Morgan fingerprint density at radius 1 is 1.16 bits per heavy atom. The highest BCUT2D eigenvalue weighted by Gasteiger charge is 2.35. The van der Waals surface area contributed by atoms with Crippen LogP contribution in [0.5, 0.6) is 0 Å². The van der Waals surface area contributed by atoms with Crippen LogP contribution in [0.15, 0.2) is 18.2 Å². The fourth-order valence-electron chi connectivity index (χ4n) is 4.13. The Bertz CT molecular complexity index is 664. The maximum absolute atomic E-state index is 13.0. The number of benzene rings is 1. The molecule has 1 aromatic rings. The van der Waals surface area contributed by atoms with Crippen LogP contribution in [0, 0.1) is 11.8 Å². The van der Waals surface area contributed by atoms with Crippen molar-refractivity contribution < 1.29 is 9.59 Å². The second-order valence-corrected chi connectivity index (χ2v) is 8.94. The minimum atomic E-state index is -0.163. The number of alkyl halides is 1. The van der Waals surface area contributed by atoms with Gasteiger partial charge in [-0.15, -0.1) is 0 Å². The van der Waals surface area contributed by atoms with Crippen molar-refractivity contribution in [3.63, 3.8) is 0 Å². The molecule has 4 heteroatoms. The van der Waals surface area contributed by atoms with E-state index < -0.39 is 0 Å². The lowest BCUT2D eigenvalue weighted by Crippen LogP contribution is -2.40. The lowest BCUT2D eigenvalue weighted by atomic mass is 9.88. The van der Waals surface area contributed by atoms with Crippen molar-refractivity contribution in [2.75, 3.05) is 4.90 Å². The fraction of sp³-hybridized carbons (Fsp3) is 0.619. The second kappa shape index (κ2) is 7.61. The molecule has 2 unspecified atom stereocenters. The summed E-state index contributed by atoms with van der Waals surface area (Å²) < 4.78 is 0. The maximum Gasteiger partial charge on any atom is 0.230 e. The molecular weight excluding hydrogens is 378 g/mol. The van der Waals surface area contributed by atoms with Gasteiger partial charge in [-0.25, -0.2) is 0 Å². The first-order valence-corrected chi connectivity index (χ1v) is 10.5. The molecule has 0 saturated heterocycles. The van der Waals surface area contributed by atoms with Crippen molar-refractivity contribution in [1.29, 1.82) is 0 Å². The average molecular weight is 406 g/mol. The number of Topliss-reactive ketones (excluding diaryl/α,β-unsaturated/α-hetero) is 1. The molecule has 0 spiro atoms. The van der Waals surface area contributed by atoms with E-state index in [1.807, 2.05) is 36.9 Å². The summed E-state index contributed by atoms with van der Waals surface area (Å²) in [5.41, 5.74) is 2.88. The highest BCUT2D eigenvalue weighted by molar-refractivity contribution is 9.10. The van der Waals surface area contributed by atoms with Gasteiger partial charge in [-0.3, -0.25) is 9.59 Å². The largest absolute Gasteiger partial charge is 0.309 e. The van der Waals surface area contributed by atoms with E-state index in [4.69, 9.17) is 0 Å². The Hall–Kier alpha value is -1.16. The van der Waals surface area contributed by atoms with Gasteiger partial charge in [0, 0.05) is 23.2 Å². The van der Waals surface area contributed by atoms with Crippen LogP contribution < -0.4 is 4.90 Å². The van der Waals surface area contributed by atoms with Gasteiger partial charge in [0.2, 0.25) is 5.91 Å². The van der Waals surface area contributed by atoms with Crippen molar-refractivity contribution in [3.05, 3.63) is 29.3 Å². The number of anilines is 1. The predicted octanol–water partition coefficient (Wildman–Crippen LogP) is 5.15. The van der Waals surface area contributed by atoms with E-state index in [0.29, 0.717) is 0 Å². The summed E-state index contributed by atoms with van der Waals surface area (Å²) in [5.74, 6) is 0.841. The van der Waals surface area contributed by atoms with Crippen LogP contribution in [0.4, 0.5) is 5.69 Å². The Morgan fingerprint density at radius 2 is 1.84 bits per heavy atom. The van der Waals surface area contributed by atoms with E-state index >= 15 is 0 Å². The number of carbonyl (C=O) groups excluding carboxylic acids is 2. The van der Waals surface area contributed by atoms with Gasteiger partial charge in [-0.05, 0) is 55.9 Å². The summed E-state index contributed by atoms with van der Waals surface area (Å²) in [6, 6.07) is 6.04.